The molecule has 2 rings (SSSR count). The number of ether oxygens (including phenoxy) is 1. The van der Waals surface area contributed by atoms with E-state index in [0.717, 1.165) is 4.80 Å². The molecule has 1 aromatic carbocycles. The van der Waals surface area contributed by atoms with Gasteiger partial charge in [-0.05, 0) is 24.0 Å². The van der Waals surface area contributed by atoms with Crippen molar-refractivity contribution in [3.8, 4) is 5.75 Å². The van der Waals surface area contributed by atoms with Crippen LogP contribution in [0.4, 0.5) is 5.95 Å². The van der Waals surface area contributed by atoms with E-state index in [-0.39, 0.29) is 22.3 Å². The van der Waals surface area contributed by atoms with Gasteiger partial charge in [0, 0.05) is 10.2 Å². The first-order valence-corrected chi connectivity index (χ1v) is 7.91. The summed E-state index contributed by atoms with van der Waals surface area (Å²) < 4.78 is 5.25. The Balaban J connectivity index is 1.87. The van der Waals surface area contributed by atoms with E-state index in [9.17, 15) is 14.9 Å². The molecule has 138 valence electrons. The van der Waals surface area contributed by atoms with Crippen LogP contribution in [-0.2, 0) is 11.3 Å². The second-order valence-electron chi connectivity index (χ2n) is 4.75. The summed E-state index contributed by atoms with van der Waals surface area (Å²) in [5, 5.41) is 25.2. The average Bonchev–Trinajstić information content (AvgIpc) is 3.00. The van der Waals surface area contributed by atoms with Gasteiger partial charge in [-0.15, -0.1) is 0 Å². The van der Waals surface area contributed by atoms with Crippen LogP contribution >= 0.6 is 34.8 Å². The first kappa shape index (κ1) is 19.8. The standard InChI is InChI=1S/C12H10Cl3N7O4/c1-6(4-21-19-12(18-20-21)22(24)25)16-17-10(23)5-26-11-8(14)2-7(13)3-9(11)15/h2-3H,4-5H2,1H3,(H,17,23)/b16-6+. The van der Waals surface area contributed by atoms with E-state index >= 15 is 0 Å². The number of hydrogen-bond donors (Lipinski definition) is 1. The number of tetrazole rings is 1. The smallest absolute Gasteiger partial charge is 0.481 e. The van der Waals surface area contributed by atoms with Gasteiger partial charge >= 0.3 is 5.95 Å². The fourth-order valence-electron chi connectivity index (χ4n) is 1.61. The van der Waals surface area contributed by atoms with Crippen molar-refractivity contribution in [2.75, 3.05) is 6.61 Å². The van der Waals surface area contributed by atoms with Crippen molar-refractivity contribution in [3.63, 3.8) is 0 Å². The van der Waals surface area contributed by atoms with Crippen molar-refractivity contribution in [2.24, 2.45) is 5.10 Å². The average molecular weight is 423 g/mol. The summed E-state index contributed by atoms with van der Waals surface area (Å²) in [5.41, 5.74) is 2.61. The van der Waals surface area contributed by atoms with E-state index in [1.165, 1.54) is 12.1 Å². The molecule has 1 amide bonds. The number of rotatable bonds is 7. The van der Waals surface area contributed by atoms with E-state index < -0.39 is 23.4 Å². The number of hydrazone groups is 1. The van der Waals surface area contributed by atoms with Gasteiger partial charge < -0.3 is 14.9 Å². The Morgan fingerprint density at radius 2 is 2.04 bits per heavy atom. The van der Waals surface area contributed by atoms with Crippen LogP contribution in [-0.4, -0.2) is 43.4 Å². The third-order valence-corrected chi connectivity index (χ3v) is 3.44. The highest BCUT2D eigenvalue weighted by atomic mass is 35.5. The predicted molar refractivity (Wildman–Crippen MR) is 92.7 cm³/mol. The summed E-state index contributed by atoms with van der Waals surface area (Å²) in [6, 6.07) is 2.85. The zero-order valence-corrected chi connectivity index (χ0v) is 15.3. The van der Waals surface area contributed by atoms with Crippen molar-refractivity contribution in [1.82, 2.24) is 25.6 Å². The van der Waals surface area contributed by atoms with Crippen LogP contribution in [0.5, 0.6) is 5.75 Å². The molecule has 1 heterocycles. The molecular weight excluding hydrogens is 413 g/mol. The normalized spacial score (nSPS) is 11.3. The Morgan fingerprint density at radius 1 is 1.38 bits per heavy atom. The largest absolute Gasteiger partial charge is 0.514 e. The maximum Gasteiger partial charge on any atom is 0.514 e. The molecule has 0 saturated carbocycles. The number of amides is 1. The van der Waals surface area contributed by atoms with Crippen molar-refractivity contribution in [3.05, 3.63) is 37.3 Å². The summed E-state index contributed by atoms with van der Waals surface area (Å²) in [7, 11) is 0. The van der Waals surface area contributed by atoms with Gasteiger partial charge in [0.1, 0.15) is 6.54 Å². The number of aromatic nitrogens is 4. The molecule has 0 radical (unpaired) electrons. The van der Waals surface area contributed by atoms with Crippen LogP contribution in [0.15, 0.2) is 17.2 Å². The molecule has 0 aliphatic carbocycles. The molecule has 1 N–H and O–H groups in total. The second-order valence-corrected chi connectivity index (χ2v) is 6.00. The number of halogens is 3. The Bertz CT molecular complexity index is 847. The zero-order valence-electron chi connectivity index (χ0n) is 13.0. The summed E-state index contributed by atoms with van der Waals surface area (Å²) in [4.78, 5) is 22.4. The number of nitro groups is 1. The van der Waals surface area contributed by atoms with E-state index in [2.05, 4.69) is 25.9 Å². The highest BCUT2D eigenvalue weighted by Crippen LogP contribution is 2.35. The molecule has 0 spiro atoms. The Kier molecular flexibility index (Phi) is 6.66. The minimum Gasteiger partial charge on any atom is -0.481 e. The maximum atomic E-state index is 11.8. The number of carbonyl (C=O) groups excluding carboxylic acids is 1. The van der Waals surface area contributed by atoms with E-state index in [4.69, 9.17) is 39.5 Å². The maximum absolute atomic E-state index is 11.8. The van der Waals surface area contributed by atoms with Crippen LogP contribution in [0.3, 0.4) is 0 Å². The Labute approximate surface area is 161 Å². The molecule has 0 saturated heterocycles. The third kappa shape index (κ3) is 5.51. The monoisotopic (exact) mass is 421 g/mol. The molecule has 1 aromatic heterocycles. The highest BCUT2D eigenvalue weighted by molar-refractivity contribution is 6.40. The van der Waals surface area contributed by atoms with Gasteiger partial charge in [-0.2, -0.15) is 5.10 Å². The topological polar surface area (TPSA) is 137 Å². The van der Waals surface area contributed by atoms with Gasteiger partial charge in [-0.25, -0.2) is 5.43 Å². The van der Waals surface area contributed by atoms with Gasteiger partial charge in [0.05, 0.1) is 26.0 Å². The highest BCUT2D eigenvalue weighted by Gasteiger charge is 2.16. The van der Waals surface area contributed by atoms with E-state index in [0.29, 0.717) is 10.7 Å². The number of hydrogen-bond acceptors (Lipinski definition) is 8. The van der Waals surface area contributed by atoms with Crippen molar-refractivity contribution >= 4 is 52.4 Å². The molecule has 26 heavy (non-hydrogen) atoms. The fraction of sp³-hybridized carbons (Fsp3) is 0.250. The number of benzene rings is 1. The third-order valence-electron chi connectivity index (χ3n) is 2.66. The Morgan fingerprint density at radius 3 is 2.62 bits per heavy atom. The lowest BCUT2D eigenvalue weighted by Gasteiger charge is -2.09. The number of nitrogens with one attached hydrogen (secondary N) is 1. The molecule has 11 nitrogen and oxygen atoms in total. The second kappa shape index (κ2) is 8.74. The molecule has 14 heteroatoms. The molecule has 0 fully saturated rings. The van der Waals surface area contributed by atoms with Crippen LogP contribution in [0.2, 0.25) is 15.1 Å². The lowest BCUT2D eigenvalue weighted by molar-refractivity contribution is -0.394. The van der Waals surface area contributed by atoms with Crippen LogP contribution in [0.1, 0.15) is 6.92 Å². The molecule has 0 unspecified atom stereocenters. The molecule has 2 aromatic rings. The van der Waals surface area contributed by atoms with E-state index in [1.54, 1.807) is 6.92 Å². The van der Waals surface area contributed by atoms with Crippen molar-refractivity contribution in [2.45, 2.75) is 13.5 Å². The molecule has 0 aliphatic heterocycles. The summed E-state index contributed by atoms with van der Waals surface area (Å²) in [6.45, 7) is 1.16. The summed E-state index contributed by atoms with van der Waals surface area (Å²) >= 11 is 17.7. The van der Waals surface area contributed by atoms with Crippen molar-refractivity contribution in [1.29, 1.82) is 0 Å². The first-order valence-electron chi connectivity index (χ1n) is 6.78. The van der Waals surface area contributed by atoms with Gasteiger partial charge in [0.25, 0.3) is 5.91 Å². The molecule has 0 bridgehead atoms. The summed E-state index contributed by atoms with van der Waals surface area (Å²) in [6.07, 6.45) is 0. The minimum atomic E-state index is -0.776. The number of nitrogens with zero attached hydrogens (tertiary/aromatic N) is 6. The van der Waals surface area contributed by atoms with Gasteiger partial charge in [-0.1, -0.05) is 39.6 Å². The lowest BCUT2D eigenvalue weighted by atomic mass is 10.3. The SMILES string of the molecule is C/C(Cn1nnc([N+](=O)[O-])n1)=N\NC(=O)COc1c(Cl)cc(Cl)cc1Cl. The lowest BCUT2D eigenvalue weighted by Crippen LogP contribution is -2.26. The van der Waals surface area contributed by atoms with Gasteiger partial charge in [-0.3, -0.25) is 4.79 Å². The first-order chi connectivity index (χ1) is 12.3. The van der Waals surface area contributed by atoms with Crippen molar-refractivity contribution < 1.29 is 14.5 Å². The van der Waals surface area contributed by atoms with Crippen LogP contribution in [0.25, 0.3) is 0 Å². The minimum absolute atomic E-state index is 0.00316. The molecule has 0 atom stereocenters. The van der Waals surface area contributed by atoms with E-state index in [1.807, 2.05) is 0 Å². The quantitative estimate of drug-likeness (QED) is 0.409. The summed E-state index contributed by atoms with van der Waals surface area (Å²) in [5.74, 6) is -1.09. The molecular formula is C12H10Cl3N7O4. The van der Waals surface area contributed by atoms with Gasteiger partial charge in [0.15, 0.2) is 12.4 Å². The zero-order chi connectivity index (χ0) is 19.3. The fourth-order valence-corrected chi connectivity index (χ4v) is 2.54. The van der Waals surface area contributed by atoms with Crippen LogP contribution < -0.4 is 10.2 Å². The molecule has 0 aliphatic rings. The predicted octanol–water partition coefficient (Wildman–Crippen LogP) is 2.11. The number of carbonyl (C=O) groups is 1. The Hall–Kier alpha value is -2.50. The van der Waals surface area contributed by atoms with Crippen LogP contribution in [0, 0.1) is 10.1 Å². The van der Waals surface area contributed by atoms with Gasteiger partial charge in [0.2, 0.25) is 0 Å².